The molecule has 0 unspecified atom stereocenters. The number of hydrogen-bond acceptors (Lipinski definition) is 5. The standard InChI is InChI=1S/C10H21NO4S/c1-3-14-9(15-4-2)5-6-16-7-8(11)10(12)13/h8-9H,3-7,11H2,1-2H3,(H,12,13)/t8-/m1/s1. The first-order valence-corrected chi connectivity index (χ1v) is 6.56. The van der Waals surface area contributed by atoms with Crippen LogP contribution < -0.4 is 5.73 Å². The predicted molar refractivity (Wildman–Crippen MR) is 64.6 cm³/mol. The van der Waals surface area contributed by atoms with E-state index in [1.54, 1.807) is 0 Å². The molecule has 0 amide bonds. The van der Waals surface area contributed by atoms with Crippen molar-refractivity contribution in [2.75, 3.05) is 24.7 Å². The molecular formula is C10H21NO4S. The van der Waals surface area contributed by atoms with Gasteiger partial charge >= 0.3 is 5.97 Å². The lowest BCUT2D eigenvalue weighted by Gasteiger charge is -2.16. The van der Waals surface area contributed by atoms with Crippen LogP contribution in [0.2, 0.25) is 0 Å². The summed E-state index contributed by atoms with van der Waals surface area (Å²) in [7, 11) is 0. The topological polar surface area (TPSA) is 81.8 Å². The van der Waals surface area contributed by atoms with Gasteiger partial charge in [-0.3, -0.25) is 4.79 Å². The van der Waals surface area contributed by atoms with E-state index in [0.29, 0.717) is 19.0 Å². The van der Waals surface area contributed by atoms with Gasteiger partial charge in [-0.25, -0.2) is 0 Å². The van der Waals surface area contributed by atoms with E-state index in [0.717, 1.165) is 12.2 Å². The van der Waals surface area contributed by atoms with E-state index in [-0.39, 0.29) is 6.29 Å². The minimum atomic E-state index is -0.960. The molecule has 0 aliphatic rings. The van der Waals surface area contributed by atoms with Crippen LogP contribution in [-0.2, 0) is 14.3 Å². The Labute approximate surface area is 101 Å². The van der Waals surface area contributed by atoms with Gasteiger partial charge in [-0.15, -0.1) is 0 Å². The van der Waals surface area contributed by atoms with Crippen LogP contribution >= 0.6 is 11.8 Å². The molecule has 0 saturated carbocycles. The Morgan fingerprint density at radius 2 is 1.94 bits per heavy atom. The summed E-state index contributed by atoms with van der Waals surface area (Å²) in [6.07, 6.45) is 0.558. The fourth-order valence-electron chi connectivity index (χ4n) is 1.05. The highest BCUT2D eigenvalue weighted by molar-refractivity contribution is 7.99. The van der Waals surface area contributed by atoms with E-state index in [9.17, 15) is 4.79 Å². The van der Waals surface area contributed by atoms with Gasteiger partial charge in [-0.2, -0.15) is 11.8 Å². The number of carbonyl (C=O) groups is 1. The number of ether oxygens (including phenoxy) is 2. The predicted octanol–water partition coefficient (Wildman–Crippen LogP) is 0.921. The Hall–Kier alpha value is -0.300. The molecule has 0 aliphatic heterocycles. The van der Waals surface area contributed by atoms with E-state index >= 15 is 0 Å². The number of thioether (sulfide) groups is 1. The Morgan fingerprint density at radius 3 is 2.38 bits per heavy atom. The minimum absolute atomic E-state index is 0.191. The molecule has 6 heteroatoms. The van der Waals surface area contributed by atoms with Gasteiger partial charge in [0.2, 0.25) is 0 Å². The molecule has 0 aromatic rings. The van der Waals surface area contributed by atoms with E-state index in [1.165, 1.54) is 11.8 Å². The Morgan fingerprint density at radius 1 is 1.38 bits per heavy atom. The molecule has 0 saturated heterocycles. The minimum Gasteiger partial charge on any atom is -0.480 e. The number of carboxylic acid groups (broad SMARTS) is 1. The molecule has 3 N–H and O–H groups in total. The maximum atomic E-state index is 10.4. The van der Waals surface area contributed by atoms with Gasteiger partial charge in [0.05, 0.1) is 0 Å². The van der Waals surface area contributed by atoms with Crippen LogP contribution in [-0.4, -0.2) is 48.1 Å². The van der Waals surface area contributed by atoms with Crippen molar-refractivity contribution < 1.29 is 19.4 Å². The average molecular weight is 251 g/mol. The second-order valence-electron chi connectivity index (χ2n) is 3.15. The van der Waals surface area contributed by atoms with E-state index < -0.39 is 12.0 Å². The summed E-state index contributed by atoms with van der Waals surface area (Å²) >= 11 is 1.50. The molecular weight excluding hydrogens is 230 g/mol. The molecule has 0 rings (SSSR count). The number of hydrogen-bond donors (Lipinski definition) is 2. The lowest BCUT2D eigenvalue weighted by Crippen LogP contribution is -2.32. The SMILES string of the molecule is CCOC(CCSC[C@@H](N)C(=O)O)OCC. The molecule has 0 fully saturated rings. The average Bonchev–Trinajstić information content (AvgIpc) is 2.24. The first-order chi connectivity index (χ1) is 7.61. The third-order valence-electron chi connectivity index (χ3n) is 1.82. The number of aliphatic carboxylic acids is 1. The van der Waals surface area contributed by atoms with Gasteiger partial charge in [-0.1, -0.05) is 0 Å². The summed E-state index contributed by atoms with van der Waals surface area (Å²) < 4.78 is 10.7. The van der Waals surface area contributed by atoms with Crippen molar-refractivity contribution in [3.05, 3.63) is 0 Å². The number of carboxylic acids is 1. The maximum absolute atomic E-state index is 10.4. The van der Waals surface area contributed by atoms with Crippen molar-refractivity contribution in [3.8, 4) is 0 Å². The zero-order valence-electron chi connectivity index (χ0n) is 9.85. The maximum Gasteiger partial charge on any atom is 0.321 e. The first-order valence-electron chi connectivity index (χ1n) is 5.41. The summed E-state index contributed by atoms with van der Waals surface area (Å²) in [5.74, 6) is 0.241. The summed E-state index contributed by atoms with van der Waals surface area (Å²) in [6.45, 7) is 5.06. The molecule has 0 aromatic heterocycles. The number of rotatable bonds is 10. The van der Waals surface area contributed by atoms with Crippen molar-refractivity contribution >= 4 is 17.7 Å². The molecule has 0 heterocycles. The Balaban J connectivity index is 3.57. The Kier molecular flexibility index (Phi) is 9.71. The van der Waals surface area contributed by atoms with Crippen LogP contribution in [0, 0.1) is 0 Å². The Bertz CT molecular complexity index is 186. The van der Waals surface area contributed by atoms with Crippen molar-refractivity contribution in [1.82, 2.24) is 0 Å². The quantitative estimate of drug-likeness (QED) is 0.444. The summed E-state index contributed by atoms with van der Waals surface area (Å²) in [5.41, 5.74) is 5.37. The lowest BCUT2D eigenvalue weighted by molar-refractivity contribution is -0.137. The summed E-state index contributed by atoms with van der Waals surface area (Å²) in [4.78, 5) is 10.4. The van der Waals surface area contributed by atoms with Gasteiger partial charge in [0.1, 0.15) is 6.04 Å². The summed E-state index contributed by atoms with van der Waals surface area (Å²) in [6, 6.07) is -0.789. The van der Waals surface area contributed by atoms with Gasteiger partial charge in [-0.05, 0) is 19.6 Å². The monoisotopic (exact) mass is 251 g/mol. The highest BCUT2D eigenvalue weighted by Gasteiger charge is 2.12. The normalized spacial score (nSPS) is 13.0. The second-order valence-corrected chi connectivity index (χ2v) is 4.30. The molecule has 96 valence electrons. The fraction of sp³-hybridized carbons (Fsp3) is 0.900. The molecule has 0 aliphatic carbocycles. The molecule has 5 nitrogen and oxygen atoms in total. The third kappa shape index (κ3) is 7.92. The summed E-state index contributed by atoms with van der Waals surface area (Å²) in [5, 5.41) is 8.57. The molecule has 0 aromatic carbocycles. The van der Waals surface area contributed by atoms with Crippen LogP contribution in [0.5, 0.6) is 0 Å². The van der Waals surface area contributed by atoms with Crippen LogP contribution in [0.4, 0.5) is 0 Å². The largest absolute Gasteiger partial charge is 0.480 e. The van der Waals surface area contributed by atoms with Gasteiger partial charge in [0.15, 0.2) is 6.29 Å². The van der Waals surface area contributed by atoms with E-state index in [2.05, 4.69) is 0 Å². The first kappa shape index (κ1) is 15.7. The smallest absolute Gasteiger partial charge is 0.321 e. The molecule has 16 heavy (non-hydrogen) atoms. The molecule has 0 bridgehead atoms. The lowest BCUT2D eigenvalue weighted by atomic mass is 10.4. The van der Waals surface area contributed by atoms with Crippen LogP contribution in [0.3, 0.4) is 0 Å². The van der Waals surface area contributed by atoms with Gasteiger partial charge in [0, 0.05) is 25.4 Å². The molecule has 1 atom stereocenters. The zero-order valence-corrected chi connectivity index (χ0v) is 10.7. The van der Waals surface area contributed by atoms with Crippen LogP contribution in [0.25, 0.3) is 0 Å². The van der Waals surface area contributed by atoms with Crippen LogP contribution in [0.15, 0.2) is 0 Å². The van der Waals surface area contributed by atoms with E-state index in [4.69, 9.17) is 20.3 Å². The van der Waals surface area contributed by atoms with Gasteiger partial charge in [0.25, 0.3) is 0 Å². The van der Waals surface area contributed by atoms with Crippen molar-refractivity contribution in [2.24, 2.45) is 5.73 Å². The zero-order chi connectivity index (χ0) is 12.4. The van der Waals surface area contributed by atoms with Crippen molar-refractivity contribution in [3.63, 3.8) is 0 Å². The highest BCUT2D eigenvalue weighted by Crippen LogP contribution is 2.09. The van der Waals surface area contributed by atoms with Gasteiger partial charge < -0.3 is 20.3 Å². The number of nitrogens with two attached hydrogens (primary N) is 1. The fourth-order valence-corrected chi connectivity index (χ4v) is 1.97. The second kappa shape index (κ2) is 9.89. The third-order valence-corrected chi connectivity index (χ3v) is 2.94. The van der Waals surface area contributed by atoms with Crippen molar-refractivity contribution in [1.29, 1.82) is 0 Å². The molecule has 0 spiro atoms. The molecule has 0 radical (unpaired) electrons. The van der Waals surface area contributed by atoms with Crippen molar-refractivity contribution in [2.45, 2.75) is 32.6 Å². The van der Waals surface area contributed by atoms with E-state index in [1.807, 2.05) is 13.8 Å². The highest BCUT2D eigenvalue weighted by atomic mass is 32.2. The van der Waals surface area contributed by atoms with Crippen LogP contribution in [0.1, 0.15) is 20.3 Å².